The van der Waals surface area contributed by atoms with E-state index >= 15 is 0 Å². The highest BCUT2D eigenvalue weighted by atomic mass is 79.9. The summed E-state index contributed by atoms with van der Waals surface area (Å²) in [5.74, 6) is -1.30. The maximum atomic E-state index is 12.7. The molecule has 6 heteroatoms. The maximum absolute atomic E-state index is 12.7. The Kier molecular flexibility index (Phi) is 4.85. The molecule has 2 aliphatic rings. The number of ketones is 1. The summed E-state index contributed by atoms with van der Waals surface area (Å²) in [6, 6.07) is 6.90. The average Bonchev–Trinajstić information content (AvgIpc) is 3.00. The van der Waals surface area contributed by atoms with E-state index < -0.39 is 17.9 Å². The number of carbonyl (C=O) groups excluding carboxylic acids is 3. The van der Waals surface area contributed by atoms with E-state index in [1.165, 1.54) is 11.0 Å². The molecule has 1 aromatic rings. The van der Waals surface area contributed by atoms with Crippen LogP contribution in [-0.4, -0.2) is 41.8 Å². The smallest absolute Gasteiger partial charge is 0.311 e. The van der Waals surface area contributed by atoms with E-state index in [0.29, 0.717) is 25.0 Å². The largest absolute Gasteiger partial charge is 0.466 e. The zero-order valence-corrected chi connectivity index (χ0v) is 14.9. The van der Waals surface area contributed by atoms with Crippen LogP contribution in [0, 0.1) is 5.92 Å². The Morgan fingerprint density at radius 3 is 2.79 bits per heavy atom. The van der Waals surface area contributed by atoms with Gasteiger partial charge < -0.3 is 9.64 Å². The molecule has 0 radical (unpaired) electrons. The van der Waals surface area contributed by atoms with Gasteiger partial charge in [0.1, 0.15) is 6.04 Å². The van der Waals surface area contributed by atoms with Crippen LogP contribution in [0.25, 0.3) is 0 Å². The zero-order valence-electron chi connectivity index (χ0n) is 13.3. The number of hydrogen-bond acceptors (Lipinski definition) is 4. The summed E-state index contributed by atoms with van der Waals surface area (Å²) in [4.78, 5) is 38.8. The zero-order chi connectivity index (χ0) is 17.3. The first-order chi connectivity index (χ1) is 11.5. The van der Waals surface area contributed by atoms with Gasteiger partial charge in [0, 0.05) is 23.0 Å². The van der Waals surface area contributed by atoms with Crippen molar-refractivity contribution in [1.82, 2.24) is 4.90 Å². The highest BCUT2D eigenvalue weighted by Gasteiger charge is 2.48. The van der Waals surface area contributed by atoms with Crippen molar-refractivity contribution < 1.29 is 19.1 Å². The third-order valence-corrected chi connectivity index (χ3v) is 5.24. The van der Waals surface area contributed by atoms with Gasteiger partial charge in [-0.3, -0.25) is 14.4 Å². The average molecular weight is 392 g/mol. The number of halogens is 1. The van der Waals surface area contributed by atoms with E-state index in [1.807, 2.05) is 24.3 Å². The van der Waals surface area contributed by atoms with Gasteiger partial charge in [-0.15, -0.1) is 0 Å². The minimum absolute atomic E-state index is 0.165. The molecule has 0 bridgehead atoms. The lowest BCUT2D eigenvalue weighted by atomic mass is 9.91. The van der Waals surface area contributed by atoms with Gasteiger partial charge >= 0.3 is 5.97 Å². The van der Waals surface area contributed by atoms with Crippen LogP contribution < -0.4 is 0 Å². The lowest BCUT2D eigenvalue weighted by molar-refractivity contribution is -0.151. The van der Waals surface area contributed by atoms with Crippen LogP contribution in [0.2, 0.25) is 0 Å². The van der Waals surface area contributed by atoms with E-state index in [9.17, 15) is 14.4 Å². The summed E-state index contributed by atoms with van der Waals surface area (Å²) in [5, 5.41) is 0. The summed E-state index contributed by atoms with van der Waals surface area (Å²) in [7, 11) is 0. The molecule has 0 saturated carbocycles. The van der Waals surface area contributed by atoms with Crippen LogP contribution in [0.3, 0.4) is 0 Å². The molecule has 1 aromatic carbocycles. The molecule has 3 rings (SSSR count). The Balaban J connectivity index is 1.84. The van der Waals surface area contributed by atoms with Crippen molar-refractivity contribution in [2.75, 3.05) is 13.2 Å². The standard InChI is InChI=1S/C18H18BrNO4/c1-2-24-18(23)13-7-8-20-16(13)15(21)10-12(17(20)22)9-11-5-3-4-6-14(11)19/h3-6,10,13,16H,2,7-9H2,1H3. The molecule has 0 spiro atoms. The SMILES string of the molecule is CCOC(=O)C1CCN2C(=O)C(Cc3ccccc3Br)=CC(=O)C12. The number of rotatable bonds is 4. The number of esters is 1. The fraction of sp³-hybridized carbons (Fsp3) is 0.389. The van der Waals surface area contributed by atoms with Gasteiger partial charge in [-0.05, 0) is 31.1 Å². The number of fused-ring (bicyclic) bond motifs is 1. The lowest BCUT2D eigenvalue weighted by Crippen LogP contribution is -2.48. The fourth-order valence-corrected chi connectivity index (χ4v) is 3.77. The monoisotopic (exact) mass is 391 g/mol. The van der Waals surface area contributed by atoms with Gasteiger partial charge in [-0.1, -0.05) is 34.1 Å². The topological polar surface area (TPSA) is 63.7 Å². The highest BCUT2D eigenvalue weighted by Crippen LogP contribution is 2.32. The Morgan fingerprint density at radius 2 is 2.08 bits per heavy atom. The number of hydrogen-bond donors (Lipinski definition) is 0. The van der Waals surface area contributed by atoms with Gasteiger partial charge in [0.25, 0.3) is 5.91 Å². The number of carbonyl (C=O) groups is 3. The molecule has 2 heterocycles. The Labute approximate surface area is 148 Å². The summed E-state index contributed by atoms with van der Waals surface area (Å²) >= 11 is 3.46. The van der Waals surface area contributed by atoms with Crippen LogP contribution in [0.4, 0.5) is 0 Å². The van der Waals surface area contributed by atoms with Crippen molar-refractivity contribution in [3.63, 3.8) is 0 Å². The third kappa shape index (κ3) is 3.02. The Hall–Kier alpha value is -1.95. The van der Waals surface area contributed by atoms with Crippen molar-refractivity contribution in [3.8, 4) is 0 Å². The first-order valence-corrected chi connectivity index (χ1v) is 8.77. The number of amides is 1. The second-order valence-electron chi connectivity index (χ2n) is 5.93. The molecule has 0 aliphatic carbocycles. The number of nitrogens with zero attached hydrogens (tertiary/aromatic N) is 1. The molecular weight excluding hydrogens is 374 g/mol. The maximum Gasteiger partial charge on any atom is 0.311 e. The van der Waals surface area contributed by atoms with E-state index in [0.717, 1.165) is 10.0 Å². The van der Waals surface area contributed by atoms with Crippen molar-refractivity contribution in [2.45, 2.75) is 25.8 Å². The van der Waals surface area contributed by atoms with Gasteiger partial charge in [0.2, 0.25) is 0 Å². The van der Waals surface area contributed by atoms with Crippen molar-refractivity contribution in [1.29, 1.82) is 0 Å². The molecule has 0 aromatic heterocycles. The van der Waals surface area contributed by atoms with Crippen molar-refractivity contribution in [3.05, 3.63) is 46.0 Å². The second-order valence-corrected chi connectivity index (χ2v) is 6.79. The summed E-state index contributed by atoms with van der Waals surface area (Å²) in [6.07, 6.45) is 2.26. The molecular formula is C18H18BrNO4. The summed E-state index contributed by atoms with van der Waals surface area (Å²) in [6.45, 7) is 2.41. The predicted molar refractivity (Wildman–Crippen MR) is 91.2 cm³/mol. The fourth-order valence-electron chi connectivity index (χ4n) is 3.35. The van der Waals surface area contributed by atoms with Gasteiger partial charge in [-0.25, -0.2) is 0 Å². The van der Waals surface area contributed by atoms with Gasteiger partial charge in [-0.2, -0.15) is 0 Å². The minimum Gasteiger partial charge on any atom is -0.466 e. The minimum atomic E-state index is -0.709. The summed E-state index contributed by atoms with van der Waals surface area (Å²) in [5.41, 5.74) is 1.41. The first kappa shape index (κ1) is 16.9. The first-order valence-electron chi connectivity index (χ1n) is 7.98. The molecule has 24 heavy (non-hydrogen) atoms. The highest BCUT2D eigenvalue weighted by molar-refractivity contribution is 9.10. The summed E-state index contributed by atoms with van der Waals surface area (Å²) < 4.78 is 5.94. The lowest BCUT2D eigenvalue weighted by Gasteiger charge is -2.30. The molecule has 0 N–H and O–H groups in total. The van der Waals surface area contributed by atoms with Gasteiger partial charge in [0.05, 0.1) is 12.5 Å². The van der Waals surface area contributed by atoms with Crippen LogP contribution in [0.1, 0.15) is 18.9 Å². The third-order valence-electron chi connectivity index (χ3n) is 4.47. The molecule has 1 fully saturated rings. The van der Waals surface area contributed by atoms with Crippen LogP contribution >= 0.6 is 15.9 Å². The number of ether oxygens (including phenoxy) is 1. The van der Waals surface area contributed by atoms with E-state index in [2.05, 4.69) is 15.9 Å². The Bertz CT molecular complexity index is 727. The Morgan fingerprint density at radius 1 is 1.33 bits per heavy atom. The van der Waals surface area contributed by atoms with Crippen LogP contribution in [0.5, 0.6) is 0 Å². The molecule has 2 unspecified atom stereocenters. The van der Waals surface area contributed by atoms with Crippen molar-refractivity contribution >= 4 is 33.6 Å². The van der Waals surface area contributed by atoms with E-state index in [1.54, 1.807) is 6.92 Å². The normalized spacial score (nSPS) is 23.1. The second kappa shape index (κ2) is 6.89. The predicted octanol–water partition coefficient (Wildman–Crippen LogP) is 2.28. The van der Waals surface area contributed by atoms with Crippen LogP contribution in [0.15, 0.2) is 40.4 Å². The van der Waals surface area contributed by atoms with E-state index in [4.69, 9.17) is 4.74 Å². The molecule has 1 saturated heterocycles. The number of benzene rings is 1. The molecule has 1 amide bonds. The molecule has 2 aliphatic heterocycles. The van der Waals surface area contributed by atoms with Crippen LogP contribution in [-0.2, 0) is 25.5 Å². The van der Waals surface area contributed by atoms with Gasteiger partial charge in [0.15, 0.2) is 5.78 Å². The molecule has 2 atom stereocenters. The van der Waals surface area contributed by atoms with E-state index in [-0.39, 0.29) is 18.3 Å². The molecule has 5 nitrogen and oxygen atoms in total. The molecule has 126 valence electrons. The van der Waals surface area contributed by atoms with Crippen molar-refractivity contribution in [2.24, 2.45) is 5.92 Å². The quantitative estimate of drug-likeness (QED) is 0.738.